The van der Waals surface area contributed by atoms with Gasteiger partial charge in [-0.3, -0.25) is 9.59 Å². The van der Waals surface area contributed by atoms with Crippen LogP contribution in [0.15, 0.2) is 18.2 Å². The van der Waals surface area contributed by atoms with Crippen LogP contribution in [0, 0.1) is 5.92 Å². The van der Waals surface area contributed by atoms with Gasteiger partial charge in [0.2, 0.25) is 5.91 Å². The van der Waals surface area contributed by atoms with Gasteiger partial charge in [0.15, 0.2) is 11.5 Å². The van der Waals surface area contributed by atoms with Crippen molar-refractivity contribution in [1.82, 2.24) is 15.1 Å². The topological polar surface area (TPSA) is 71.1 Å². The maximum atomic E-state index is 12.7. The lowest BCUT2D eigenvalue weighted by Crippen LogP contribution is -2.52. The lowest BCUT2D eigenvalue weighted by molar-refractivity contribution is -0.136. The zero-order chi connectivity index (χ0) is 18.4. The molecule has 1 heterocycles. The van der Waals surface area contributed by atoms with Crippen LogP contribution in [0.5, 0.6) is 11.5 Å². The maximum Gasteiger partial charge on any atom is 0.254 e. The van der Waals surface area contributed by atoms with E-state index >= 15 is 0 Å². The summed E-state index contributed by atoms with van der Waals surface area (Å²) < 4.78 is 10.5. The van der Waals surface area contributed by atoms with E-state index in [1.54, 1.807) is 37.3 Å². The molecule has 7 nitrogen and oxygen atoms in total. The van der Waals surface area contributed by atoms with Crippen molar-refractivity contribution in [1.29, 1.82) is 0 Å². The molecule has 0 bridgehead atoms. The number of nitrogens with one attached hydrogen (secondary N) is 1. The fraction of sp³-hybridized carbons (Fsp3) is 0.556. The van der Waals surface area contributed by atoms with E-state index in [9.17, 15) is 9.59 Å². The fourth-order valence-corrected chi connectivity index (χ4v) is 2.99. The van der Waals surface area contributed by atoms with Gasteiger partial charge in [0.1, 0.15) is 0 Å². The summed E-state index contributed by atoms with van der Waals surface area (Å²) in [5, 5.41) is 3.02. The molecule has 7 heteroatoms. The van der Waals surface area contributed by atoms with Crippen LogP contribution in [0.2, 0.25) is 0 Å². The molecule has 0 saturated carbocycles. The molecule has 1 aliphatic heterocycles. The summed E-state index contributed by atoms with van der Waals surface area (Å²) in [5.74, 6) is 1.14. The number of piperazine rings is 1. The lowest BCUT2D eigenvalue weighted by atomic mass is 10.1. The molecule has 2 rings (SSSR count). The Kier molecular flexibility index (Phi) is 6.64. The number of carbonyl (C=O) groups excluding carboxylic acids is 2. The number of carbonyl (C=O) groups is 2. The highest BCUT2D eigenvalue weighted by Crippen LogP contribution is 2.28. The molecule has 2 amide bonds. The Morgan fingerprint density at radius 3 is 2.24 bits per heavy atom. The number of rotatable bonds is 6. The molecular weight excluding hydrogens is 322 g/mol. The van der Waals surface area contributed by atoms with Gasteiger partial charge in [-0.2, -0.15) is 0 Å². The van der Waals surface area contributed by atoms with Crippen LogP contribution in [0.25, 0.3) is 0 Å². The normalized spacial score (nSPS) is 15.7. The Bertz CT molecular complexity index is 612. The summed E-state index contributed by atoms with van der Waals surface area (Å²) in [6, 6.07) is 5.15. The SMILES string of the molecule is CNCC(C)C(=O)N1CCN(C(=O)c2ccc(OC)c(OC)c2)CC1. The fourth-order valence-electron chi connectivity index (χ4n) is 2.99. The van der Waals surface area contributed by atoms with Gasteiger partial charge in [-0.1, -0.05) is 6.92 Å². The summed E-state index contributed by atoms with van der Waals surface area (Å²) in [6.45, 7) is 4.76. The number of nitrogens with zero attached hydrogens (tertiary/aromatic N) is 2. The first-order valence-corrected chi connectivity index (χ1v) is 8.46. The van der Waals surface area contributed by atoms with Crippen molar-refractivity contribution < 1.29 is 19.1 Å². The van der Waals surface area contributed by atoms with Gasteiger partial charge in [-0.25, -0.2) is 0 Å². The minimum absolute atomic E-state index is 0.0573. The molecule has 1 N–H and O–H groups in total. The summed E-state index contributed by atoms with van der Waals surface area (Å²) in [5.41, 5.74) is 0.556. The number of ether oxygens (including phenoxy) is 2. The molecule has 0 aromatic heterocycles. The second-order valence-electron chi connectivity index (χ2n) is 6.15. The largest absolute Gasteiger partial charge is 0.493 e. The van der Waals surface area contributed by atoms with E-state index in [4.69, 9.17) is 9.47 Å². The average Bonchev–Trinajstić information content (AvgIpc) is 2.66. The Balaban J connectivity index is 1.98. The third kappa shape index (κ3) is 4.42. The Morgan fingerprint density at radius 2 is 1.68 bits per heavy atom. The van der Waals surface area contributed by atoms with Crippen LogP contribution in [-0.4, -0.2) is 75.6 Å². The van der Waals surface area contributed by atoms with Crippen molar-refractivity contribution in [2.45, 2.75) is 6.92 Å². The maximum absolute atomic E-state index is 12.7. The highest BCUT2D eigenvalue weighted by atomic mass is 16.5. The molecule has 1 aromatic carbocycles. The van der Waals surface area contributed by atoms with Crippen molar-refractivity contribution in [3.63, 3.8) is 0 Å². The van der Waals surface area contributed by atoms with Gasteiger partial charge in [0.05, 0.1) is 14.2 Å². The highest BCUT2D eigenvalue weighted by molar-refractivity contribution is 5.95. The number of methoxy groups -OCH3 is 2. The summed E-state index contributed by atoms with van der Waals surface area (Å²) in [7, 11) is 4.94. The van der Waals surface area contributed by atoms with Gasteiger partial charge >= 0.3 is 0 Å². The first-order valence-electron chi connectivity index (χ1n) is 8.46. The van der Waals surface area contributed by atoms with E-state index in [1.807, 2.05) is 18.9 Å². The first kappa shape index (κ1) is 19.1. The lowest BCUT2D eigenvalue weighted by Gasteiger charge is -2.36. The number of benzene rings is 1. The molecule has 1 unspecified atom stereocenters. The second-order valence-corrected chi connectivity index (χ2v) is 6.15. The van der Waals surface area contributed by atoms with Crippen LogP contribution < -0.4 is 14.8 Å². The standard InChI is InChI=1S/C18H27N3O4/c1-13(12-19-2)17(22)20-7-9-21(10-8-20)18(23)14-5-6-15(24-3)16(11-14)25-4/h5-6,11,13,19H,7-10,12H2,1-4H3. The number of hydrogen-bond donors (Lipinski definition) is 1. The molecule has 0 aliphatic carbocycles. The van der Waals surface area contributed by atoms with Gasteiger partial charge in [-0.05, 0) is 25.2 Å². The summed E-state index contributed by atoms with van der Waals surface area (Å²) >= 11 is 0. The Hall–Kier alpha value is -2.28. The molecule has 1 fully saturated rings. The smallest absolute Gasteiger partial charge is 0.254 e. The predicted octanol–water partition coefficient (Wildman–Crippen LogP) is 0.844. The van der Waals surface area contributed by atoms with E-state index in [1.165, 1.54) is 0 Å². The van der Waals surface area contributed by atoms with Gasteiger partial charge in [0, 0.05) is 44.2 Å². The molecule has 138 valence electrons. The molecular formula is C18H27N3O4. The van der Waals surface area contributed by atoms with Crippen molar-refractivity contribution in [2.24, 2.45) is 5.92 Å². The minimum Gasteiger partial charge on any atom is -0.493 e. The molecule has 1 atom stereocenters. The Morgan fingerprint density at radius 1 is 1.08 bits per heavy atom. The van der Waals surface area contributed by atoms with Crippen molar-refractivity contribution in [3.05, 3.63) is 23.8 Å². The van der Waals surface area contributed by atoms with Crippen LogP contribution >= 0.6 is 0 Å². The zero-order valence-electron chi connectivity index (χ0n) is 15.4. The third-order valence-electron chi connectivity index (χ3n) is 4.44. The molecule has 0 spiro atoms. The Labute approximate surface area is 148 Å². The minimum atomic E-state index is -0.0590. The van der Waals surface area contributed by atoms with Crippen molar-refractivity contribution in [2.75, 3.05) is 54.0 Å². The van der Waals surface area contributed by atoms with E-state index in [0.717, 1.165) is 0 Å². The molecule has 1 saturated heterocycles. The van der Waals surface area contributed by atoms with E-state index < -0.39 is 0 Å². The van der Waals surface area contributed by atoms with E-state index in [-0.39, 0.29) is 17.7 Å². The van der Waals surface area contributed by atoms with E-state index in [2.05, 4.69) is 5.32 Å². The summed E-state index contributed by atoms with van der Waals surface area (Å²) in [6.07, 6.45) is 0. The van der Waals surface area contributed by atoms with Crippen molar-refractivity contribution in [3.8, 4) is 11.5 Å². The third-order valence-corrected chi connectivity index (χ3v) is 4.44. The quantitative estimate of drug-likeness (QED) is 0.824. The molecule has 25 heavy (non-hydrogen) atoms. The molecule has 0 radical (unpaired) electrons. The highest BCUT2D eigenvalue weighted by Gasteiger charge is 2.27. The van der Waals surface area contributed by atoms with Gasteiger partial charge in [-0.15, -0.1) is 0 Å². The number of hydrogen-bond acceptors (Lipinski definition) is 5. The summed E-state index contributed by atoms with van der Waals surface area (Å²) in [4.78, 5) is 28.6. The van der Waals surface area contributed by atoms with Crippen LogP contribution in [-0.2, 0) is 4.79 Å². The van der Waals surface area contributed by atoms with E-state index in [0.29, 0.717) is 49.8 Å². The molecule has 1 aliphatic rings. The zero-order valence-corrected chi connectivity index (χ0v) is 15.4. The van der Waals surface area contributed by atoms with Crippen LogP contribution in [0.1, 0.15) is 17.3 Å². The second kappa shape index (κ2) is 8.71. The monoisotopic (exact) mass is 349 g/mol. The van der Waals surface area contributed by atoms with Crippen LogP contribution in [0.3, 0.4) is 0 Å². The molecule has 1 aromatic rings. The van der Waals surface area contributed by atoms with Gasteiger partial charge < -0.3 is 24.6 Å². The number of amides is 2. The predicted molar refractivity (Wildman–Crippen MR) is 95.1 cm³/mol. The van der Waals surface area contributed by atoms with Gasteiger partial charge in [0.25, 0.3) is 5.91 Å². The van der Waals surface area contributed by atoms with Crippen LogP contribution in [0.4, 0.5) is 0 Å². The van der Waals surface area contributed by atoms with Crippen molar-refractivity contribution >= 4 is 11.8 Å². The first-order chi connectivity index (χ1) is 12.0. The average molecular weight is 349 g/mol.